The Kier molecular flexibility index (Phi) is 8.51. The first-order valence-electron chi connectivity index (χ1n) is 8.93. The van der Waals surface area contributed by atoms with Gasteiger partial charge in [0.15, 0.2) is 5.78 Å². The molecule has 0 aliphatic heterocycles. The van der Waals surface area contributed by atoms with Crippen LogP contribution in [0.2, 0.25) is 0 Å². The largest absolute Gasteiger partial charge is 0.446 e. The van der Waals surface area contributed by atoms with E-state index in [2.05, 4.69) is 12.2 Å². The molecule has 0 spiro atoms. The van der Waals surface area contributed by atoms with Gasteiger partial charge in [0.05, 0.1) is 6.04 Å². The zero-order valence-corrected chi connectivity index (χ0v) is 15.5. The van der Waals surface area contributed by atoms with Gasteiger partial charge in [-0.05, 0) is 18.3 Å². The van der Waals surface area contributed by atoms with Crippen molar-refractivity contribution in [3.8, 4) is 0 Å². The number of rotatable bonds is 9. The topological polar surface area (TPSA) is 55.4 Å². The summed E-state index contributed by atoms with van der Waals surface area (Å²) in [5, 5.41) is 2.78. The normalized spacial score (nSPS) is 12.5. The summed E-state index contributed by atoms with van der Waals surface area (Å²) < 4.78 is 5.57. The number of Topliss-reactive ketones (excluding diaryl/α,β-unsaturated/α-hetero) is 1. The summed E-state index contributed by atoms with van der Waals surface area (Å²) in [5.74, 6) is 0.399. The van der Waals surface area contributed by atoms with E-state index in [4.69, 9.17) is 4.74 Å². The van der Waals surface area contributed by atoms with Crippen molar-refractivity contribution in [1.82, 2.24) is 5.32 Å². The standard InChI is InChI=1S/C20H31NO3/c1-6-7-13-17(18(22)16-11-9-8-10-12-16)21-20(23)24-19(14(2)3)15(4)5/h8-12,14-15,17,19H,6-7,13H2,1-5H3,(H,21,23)/t17-/m0/s1. The molecule has 0 saturated heterocycles. The third-order valence-electron chi connectivity index (χ3n) is 4.07. The van der Waals surface area contributed by atoms with Crippen molar-refractivity contribution in [2.45, 2.75) is 66.0 Å². The molecule has 0 aliphatic rings. The highest BCUT2D eigenvalue weighted by atomic mass is 16.6. The summed E-state index contributed by atoms with van der Waals surface area (Å²) in [5.41, 5.74) is 0.614. The molecule has 0 aliphatic carbocycles. The predicted octanol–water partition coefficient (Wildman–Crippen LogP) is 4.83. The van der Waals surface area contributed by atoms with E-state index >= 15 is 0 Å². The van der Waals surface area contributed by atoms with Gasteiger partial charge in [0, 0.05) is 5.56 Å². The number of ether oxygens (including phenoxy) is 1. The molecule has 4 heteroatoms. The van der Waals surface area contributed by atoms with Crippen molar-refractivity contribution in [3.05, 3.63) is 35.9 Å². The van der Waals surface area contributed by atoms with E-state index in [-0.39, 0.29) is 23.7 Å². The van der Waals surface area contributed by atoms with Gasteiger partial charge in [0.1, 0.15) is 6.10 Å². The Hall–Kier alpha value is -1.84. The number of hydrogen-bond donors (Lipinski definition) is 1. The van der Waals surface area contributed by atoms with Crippen molar-refractivity contribution in [3.63, 3.8) is 0 Å². The molecule has 0 heterocycles. The van der Waals surface area contributed by atoms with Crippen molar-refractivity contribution in [2.75, 3.05) is 0 Å². The van der Waals surface area contributed by atoms with Crippen LogP contribution in [0.3, 0.4) is 0 Å². The molecule has 0 radical (unpaired) electrons. The van der Waals surface area contributed by atoms with Gasteiger partial charge in [-0.2, -0.15) is 0 Å². The molecule has 0 saturated carbocycles. The summed E-state index contributed by atoms with van der Waals surface area (Å²) in [6, 6.07) is 8.54. The fourth-order valence-electron chi connectivity index (χ4n) is 2.82. The lowest BCUT2D eigenvalue weighted by Gasteiger charge is -2.26. The van der Waals surface area contributed by atoms with E-state index in [9.17, 15) is 9.59 Å². The number of carbonyl (C=O) groups excluding carboxylic acids is 2. The number of amides is 1. The number of unbranched alkanes of at least 4 members (excludes halogenated alkanes) is 1. The maximum absolute atomic E-state index is 12.7. The Morgan fingerprint density at radius 2 is 1.62 bits per heavy atom. The van der Waals surface area contributed by atoms with E-state index in [1.54, 1.807) is 12.1 Å². The van der Waals surface area contributed by atoms with Gasteiger partial charge < -0.3 is 10.1 Å². The second-order valence-electron chi connectivity index (χ2n) is 6.93. The van der Waals surface area contributed by atoms with Crippen LogP contribution in [0.15, 0.2) is 30.3 Å². The number of nitrogens with one attached hydrogen (secondary N) is 1. The SMILES string of the molecule is CCCC[C@H](NC(=O)OC(C(C)C)C(C)C)C(=O)c1ccccc1. The van der Waals surface area contributed by atoms with Crippen LogP contribution in [0.1, 0.15) is 64.2 Å². The van der Waals surface area contributed by atoms with Crippen LogP contribution in [0.5, 0.6) is 0 Å². The summed E-state index contributed by atoms with van der Waals surface area (Å²) in [4.78, 5) is 25.0. The first-order valence-corrected chi connectivity index (χ1v) is 8.93. The summed E-state index contributed by atoms with van der Waals surface area (Å²) in [6.07, 6.45) is 1.79. The van der Waals surface area contributed by atoms with E-state index in [0.717, 1.165) is 12.8 Å². The third kappa shape index (κ3) is 6.34. The Labute approximate surface area is 146 Å². The third-order valence-corrected chi connectivity index (χ3v) is 4.07. The first kappa shape index (κ1) is 20.2. The van der Waals surface area contributed by atoms with E-state index < -0.39 is 12.1 Å². The van der Waals surface area contributed by atoms with Crippen molar-refractivity contribution < 1.29 is 14.3 Å². The molecule has 0 bridgehead atoms. The number of benzene rings is 1. The van der Waals surface area contributed by atoms with E-state index in [1.807, 2.05) is 45.9 Å². The molecular formula is C20H31NO3. The smallest absolute Gasteiger partial charge is 0.408 e. The Morgan fingerprint density at radius 1 is 1.04 bits per heavy atom. The summed E-state index contributed by atoms with van der Waals surface area (Å²) >= 11 is 0. The Balaban J connectivity index is 2.78. The molecule has 4 nitrogen and oxygen atoms in total. The summed E-state index contributed by atoms with van der Waals surface area (Å²) in [7, 11) is 0. The van der Waals surface area contributed by atoms with Gasteiger partial charge in [0.25, 0.3) is 0 Å². The van der Waals surface area contributed by atoms with Crippen LogP contribution < -0.4 is 5.32 Å². The summed E-state index contributed by atoms with van der Waals surface area (Å²) in [6.45, 7) is 10.2. The van der Waals surface area contributed by atoms with Gasteiger partial charge in [0.2, 0.25) is 0 Å². The zero-order chi connectivity index (χ0) is 18.1. The monoisotopic (exact) mass is 333 g/mol. The van der Waals surface area contributed by atoms with Gasteiger partial charge in [-0.1, -0.05) is 77.8 Å². The second-order valence-corrected chi connectivity index (χ2v) is 6.93. The number of hydrogen-bond acceptors (Lipinski definition) is 3. The minimum atomic E-state index is -0.542. The number of alkyl carbamates (subject to hydrolysis) is 1. The van der Waals surface area contributed by atoms with Crippen LogP contribution in [-0.2, 0) is 4.74 Å². The second kappa shape index (κ2) is 10.1. The minimum absolute atomic E-state index is 0.0633. The van der Waals surface area contributed by atoms with E-state index in [1.165, 1.54) is 0 Å². The van der Waals surface area contributed by atoms with Crippen LogP contribution in [0.4, 0.5) is 4.79 Å². The van der Waals surface area contributed by atoms with Gasteiger partial charge in [-0.15, -0.1) is 0 Å². The molecule has 1 atom stereocenters. The highest BCUT2D eigenvalue weighted by molar-refractivity contribution is 6.01. The first-order chi connectivity index (χ1) is 11.4. The lowest BCUT2D eigenvalue weighted by molar-refractivity contribution is 0.0396. The molecule has 1 amide bonds. The maximum atomic E-state index is 12.7. The quantitative estimate of drug-likeness (QED) is 0.658. The average molecular weight is 333 g/mol. The van der Waals surface area contributed by atoms with Crippen molar-refractivity contribution in [1.29, 1.82) is 0 Å². The fourth-order valence-corrected chi connectivity index (χ4v) is 2.82. The molecule has 1 rings (SSSR count). The molecule has 134 valence electrons. The van der Waals surface area contributed by atoms with Crippen LogP contribution in [0, 0.1) is 11.8 Å². The van der Waals surface area contributed by atoms with E-state index in [0.29, 0.717) is 12.0 Å². The average Bonchev–Trinajstić information content (AvgIpc) is 2.56. The van der Waals surface area contributed by atoms with Gasteiger partial charge in [-0.3, -0.25) is 4.79 Å². The van der Waals surface area contributed by atoms with Crippen molar-refractivity contribution >= 4 is 11.9 Å². The number of ketones is 1. The minimum Gasteiger partial charge on any atom is -0.446 e. The zero-order valence-electron chi connectivity index (χ0n) is 15.5. The Bertz CT molecular complexity index is 503. The van der Waals surface area contributed by atoms with Crippen LogP contribution >= 0.6 is 0 Å². The maximum Gasteiger partial charge on any atom is 0.408 e. The molecule has 1 aromatic carbocycles. The lowest BCUT2D eigenvalue weighted by atomic mass is 9.96. The predicted molar refractivity (Wildman–Crippen MR) is 97.2 cm³/mol. The molecule has 1 aromatic rings. The van der Waals surface area contributed by atoms with Gasteiger partial charge in [-0.25, -0.2) is 4.79 Å². The van der Waals surface area contributed by atoms with Crippen molar-refractivity contribution in [2.24, 2.45) is 11.8 Å². The lowest BCUT2D eigenvalue weighted by Crippen LogP contribution is -2.43. The van der Waals surface area contributed by atoms with Crippen LogP contribution in [-0.4, -0.2) is 24.0 Å². The molecule has 24 heavy (non-hydrogen) atoms. The molecule has 1 N–H and O–H groups in total. The van der Waals surface area contributed by atoms with Crippen LogP contribution in [0.25, 0.3) is 0 Å². The number of carbonyl (C=O) groups is 2. The highest BCUT2D eigenvalue weighted by Crippen LogP contribution is 2.17. The molecule has 0 unspecified atom stereocenters. The molecule has 0 fully saturated rings. The molecular weight excluding hydrogens is 302 g/mol. The molecule has 0 aromatic heterocycles. The fraction of sp³-hybridized carbons (Fsp3) is 0.600. The van der Waals surface area contributed by atoms with Gasteiger partial charge >= 0.3 is 6.09 Å². The Morgan fingerprint density at radius 3 is 2.12 bits per heavy atom. The highest BCUT2D eigenvalue weighted by Gasteiger charge is 2.26.